The minimum absolute atomic E-state index is 0.283. The molecule has 2 aromatic heterocycles. The molecular formula is C12H15N3OS. The Morgan fingerprint density at radius 3 is 3.12 bits per heavy atom. The van der Waals surface area contributed by atoms with E-state index < -0.39 is 0 Å². The van der Waals surface area contributed by atoms with E-state index in [0.717, 1.165) is 37.1 Å². The van der Waals surface area contributed by atoms with Crippen LogP contribution in [0.15, 0.2) is 21.3 Å². The predicted octanol–water partition coefficient (Wildman–Crippen LogP) is 2.78. The van der Waals surface area contributed by atoms with E-state index in [0.29, 0.717) is 11.7 Å². The van der Waals surface area contributed by atoms with Crippen molar-refractivity contribution in [2.75, 3.05) is 0 Å². The van der Waals surface area contributed by atoms with E-state index in [9.17, 15) is 0 Å². The summed E-state index contributed by atoms with van der Waals surface area (Å²) in [6.07, 6.45) is 4.34. The first-order chi connectivity index (χ1) is 8.33. The van der Waals surface area contributed by atoms with E-state index in [1.165, 1.54) is 0 Å². The maximum absolute atomic E-state index is 5.98. The van der Waals surface area contributed by atoms with Crippen molar-refractivity contribution in [2.24, 2.45) is 5.73 Å². The second kappa shape index (κ2) is 4.58. The van der Waals surface area contributed by atoms with Crippen molar-refractivity contribution in [3.8, 4) is 11.4 Å². The van der Waals surface area contributed by atoms with Gasteiger partial charge in [0.25, 0.3) is 0 Å². The summed E-state index contributed by atoms with van der Waals surface area (Å²) in [6.45, 7) is 0. The number of hydrogen-bond donors (Lipinski definition) is 1. The van der Waals surface area contributed by atoms with Gasteiger partial charge in [0.1, 0.15) is 0 Å². The van der Waals surface area contributed by atoms with Crippen molar-refractivity contribution in [3.63, 3.8) is 0 Å². The van der Waals surface area contributed by atoms with Crippen LogP contribution in [0.3, 0.4) is 0 Å². The van der Waals surface area contributed by atoms with Crippen LogP contribution >= 0.6 is 11.3 Å². The lowest BCUT2D eigenvalue weighted by Crippen LogP contribution is -2.26. The van der Waals surface area contributed by atoms with Gasteiger partial charge in [-0.3, -0.25) is 0 Å². The molecule has 0 aromatic carbocycles. The predicted molar refractivity (Wildman–Crippen MR) is 66.8 cm³/mol. The van der Waals surface area contributed by atoms with Crippen LogP contribution in [-0.2, 0) is 0 Å². The highest BCUT2D eigenvalue weighted by atomic mass is 32.1. The van der Waals surface area contributed by atoms with Crippen LogP contribution in [0.4, 0.5) is 0 Å². The van der Waals surface area contributed by atoms with Crippen LogP contribution in [0.5, 0.6) is 0 Å². The van der Waals surface area contributed by atoms with E-state index in [2.05, 4.69) is 10.1 Å². The fourth-order valence-electron chi connectivity index (χ4n) is 2.36. The van der Waals surface area contributed by atoms with Gasteiger partial charge in [0.05, 0.1) is 0 Å². The first-order valence-corrected chi connectivity index (χ1v) is 6.89. The van der Waals surface area contributed by atoms with Gasteiger partial charge in [0.2, 0.25) is 11.7 Å². The summed E-state index contributed by atoms with van der Waals surface area (Å²) < 4.78 is 5.36. The first kappa shape index (κ1) is 10.9. The molecule has 1 aliphatic rings. The van der Waals surface area contributed by atoms with E-state index >= 15 is 0 Å². The lowest BCUT2D eigenvalue weighted by Gasteiger charge is -2.23. The van der Waals surface area contributed by atoms with Gasteiger partial charge in [-0.25, -0.2) is 0 Å². The Morgan fingerprint density at radius 1 is 1.41 bits per heavy atom. The molecule has 3 rings (SSSR count). The number of rotatable bonds is 2. The fourth-order valence-corrected chi connectivity index (χ4v) is 3.00. The monoisotopic (exact) mass is 249 g/mol. The van der Waals surface area contributed by atoms with Crippen molar-refractivity contribution in [1.82, 2.24) is 10.1 Å². The summed E-state index contributed by atoms with van der Waals surface area (Å²) in [5.41, 5.74) is 7.01. The largest absolute Gasteiger partial charge is 0.339 e. The normalized spacial score (nSPS) is 25.0. The summed E-state index contributed by atoms with van der Waals surface area (Å²) in [6, 6.07) is 2.29. The van der Waals surface area contributed by atoms with Crippen LogP contribution in [0.2, 0.25) is 0 Å². The molecule has 2 aromatic rings. The van der Waals surface area contributed by atoms with E-state index in [4.69, 9.17) is 10.3 Å². The van der Waals surface area contributed by atoms with Gasteiger partial charge in [0.15, 0.2) is 0 Å². The molecule has 5 heteroatoms. The molecular weight excluding hydrogens is 234 g/mol. The molecule has 4 nitrogen and oxygen atoms in total. The quantitative estimate of drug-likeness (QED) is 0.888. The summed E-state index contributed by atoms with van der Waals surface area (Å²) in [5, 5.41) is 8.08. The minimum atomic E-state index is 0.283. The zero-order valence-corrected chi connectivity index (χ0v) is 10.3. The molecule has 0 amide bonds. The van der Waals surface area contributed by atoms with Crippen molar-refractivity contribution in [1.29, 1.82) is 0 Å². The molecule has 2 unspecified atom stereocenters. The molecule has 0 aliphatic heterocycles. The summed E-state index contributed by atoms with van der Waals surface area (Å²) >= 11 is 1.64. The fraction of sp³-hybridized carbons (Fsp3) is 0.500. The van der Waals surface area contributed by atoms with Crippen molar-refractivity contribution in [2.45, 2.75) is 37.6 Å². The molecule has 1 fully saturated rings. The molecule has 1 saturated carbocycles. The number of nitrogens with two attached hydrogens (primary N) is 1. The average molecular weight is 249 g/mol. The maximum atomic E-state index is 5.98. The van der Waals surface area contributed by atoms with Gasteiger partial charge in [-0.05, 0) is 30.7 Å². The van der Waals surface area contributed by atoms with Crippen LogP contribution in [0.1, 0.15) is 37.5 Å². The molecule has 2 N–H and O–H groups in total. The van der Waals surface area contributed by atoms with Gasteiger partial charge in [-0.1, -0.05) is 11.6 Å². The topological polar surface area (TPSA) is 64.9 Å². The van der Waals surface area contributed by atoms with Crippen LogP contribution in [0.25, 0.3) is 11.4 Å². The Kier molecular flexibility index (Phi) is 2.94. The lowest BCUT2D eigenvalue weighted by atomic mass is 9.86. The highest BCUT2D eigenvalue weighted by Crippen LogP contribution is 2.32. The number of aromatic nitrogens is 2. The third kappa shape index (κ3) is 2.25. The Morgan fingerprint density at radius 2 is 2.35 bits per heavy atom. The summed E-state index contributed by atoms with van der Waals surface area (Å²) in [7, 11) is 0. The molecule has 17 heavy (non-hydrogen) atoms. The van der Waals surface area contributed by atoms with Gasteiger partial charge < -0.3 is 10.3 Å². The van der Waals surface area contributed by atoms with E-state index in [-0.39, 0.29) is 6.04 Å². The molecule has 2 atom stereocenters. The number of thiophene rings is 1. The van der Waals surface area contributed by atoms with Gasteiger partial charge in [0, 0.05) is 22.9 Å². The number of nitrogens with zero attached hydrogens (tertiary/aromatic N) is 2. The van der Waals surface area contributed by atoms with Crippen LogP contribution in [-0.4, -0.2) is 16.2 Å². The van der Waals surface area contributed by atoms with E-state index in [1.807, 2.05) is 16.8 Å². The molecule has 0 bridgehead atoms. The highest BCUT2D eigenvalue weighted by molar-refractivity contribution is 7.08. The van der Waals surface area contributed by atoms with Crippen molar-refractivity contribution >= 4 is 11.3 Å². The molecule has 0 saturated heterocycles. The maximum Gasteiger partial charge on any atom is 0.230 e. The van der Waals surface area contributed by atoms with Crippen molar-refractivity contribution < 1.29 is 4.52 Å². The zero-order chi connectivity index (χ0) is 11.7. The molecule has 2 heterocycles. The molecule has 0 spiro atoms. The molecule has 0 radical (unpaired) electrons. The Balaban J connectivity index is 1.80. The number of hydrogen-bond acceptors (Lipinski definition) is 5. The molecule has 1 aliphatic carbocycles. The lowest BCUT2D eigenvalue weighted by molar-refractivity contribution is 0.299. The average Bonchev–Trinajstić information content (AvgIpc) is 3.00. The van der Waals surface area contributed by atoms with E-state index in [1.54, 1.807) is 11.3 Å². The smallest absolute Gasteiger partial charge is 0.230 e. The zero-order valence-electron chi connectivity index (χ0n) is 9.50. The summed E-state index contributed by atoms with van der Waals surface area (Å²) in [4.78, 5) is 4.48. The third-order valence-corrected chi connectivity index (χ3v) is 3.97. The standard InChI is InChI=1S/C12H15N3OS/c13-10-3-1-2-8(6-10)12-14-11(15-16-12)9-4-5-17-7-9/h4-5,7-8,10H,1-3,6,13H2. The molecule has 90 valence electrons. The van der Waals surface area contributed by atoms with Crippen molar-refractivity contribution in [3.05, 3.63) is 22.7 Å². The highest BCUT2D eigenvalue weighted by Gasteiger charge is 2.25. The Labute approximate surface area is 104 Å². The van der Waals surface area contributed by atoms with Gasteiger partial charge in [-0.2, -0.15) is 16.3 Å². The second-order valence-corrected chi connectivity index (χ2v) is 5.37. The minimum Gasteiger partial charge on any atom is -0.339 e. The summed E-state index contributed by atoms with van der Waals surface area (Å²) in [5.74, 6) is 1.79. The Hall–Kier alpha value is -1.20. The van der Waals surface area contributed by atoms with Crippen LogP contribution in [0, 0.1) is 0 Å². The van der Waals surface area contributed by atoms with Gasteiger partial charge in [-0.15, -0.1) is 0 Å². The van der Waals surface area contributed by atoms with Crippen LogP contribution < -0.4 is 5.73 Å². The van der Waals surface area contributed by atoms with Gasteiger partial charge >= 0.3 is 0 Å². The first-order valence-electron chi connectivity index (χ1n) is 5.94. The third-order valence-electron chi connectivity index (χ3n) is 3.29. The SMILES string of the molecule is NC1CCCC(c2nc(-c3ccsc3)no2)C1. The second-order valence-electron chi connectivity index (χ2n) is 4.59. The Bertz CT molecular complexity index is 480.